The first-order valence-corrected chi connectivity index (χ1v) is 12.6. The van der Waals surface area contributed by atoms with Crippen LogP contribution in [0, 0.1) is 0 Å². The standard InChI is InChI=1S/C25H21BrCl3N3O4/c1-2-35-22-10-15(9-18(26)25(22)36-14-16-7-8-17(27)11-20(16)29)13-30-32-24(34)12-23(33)31-21-6-4-3-5-19(21)28/h3-11,13H,2,12,14H2,1H3,(H,31,33)(H,32,34). The molecule has 0 saturated heterocycles. The van der Waals surface area contributed by atoms with Crippen LogP contribution in [0.1, 0.15) is 24.5 Å². The lowest BCUT2D eigenvalue weighted by atomic mass is 10.2. The monoisotopic (exact) mass is 611 g/mol. The zero-order valence-corrected chi connectivity index (χ0v) is 22.8. The van der Waals surface area contributed by atoms with Gasteiger partial charge in [-0.05, 0) is 64.8 Å². The minimum absolute atomic E-state index is 0.203. The first-order valence-electron chi connectivity index (χ1n) is 10.7. The van der Waals surface area contributed by atoms with Gasteiger partial charge in [0.1, 0.15) is 13.0 Å². The van der Waals surface area contributed by atoms with Crippen molar-refractivity contribution in [1.82, 2.24) is 5.43 Å². The largest absolute Gasteiger partial charge is 0.490 e. The summed E-state index contributed by atoms with van der Waals surface area (Å²) in [5.41, 5.74) is 4.15. The highest BCUT2D eigenvalue weighted by Crippen LogP contribution is 2.37. The Hall–Kier alpha value is -2.78. The van der Waals surface area contributed by atoms with Gasteiger partial charge in [0.05, 0.1) is 28.0 Å². The molecule has 2 amide bonds. The number of nitrogens with zero attached hydrogens (tertiary/aromatic N) is 1. The molecule has 0 aromatic heterocycles. The third-order valence-corrected chi connectivity index (χ3v) is 6.10. The SMILES string of the molecule is CCOc1cc(C=NNC(=O)CC(=O)Nc2ccccc2Cl)cc(Br)c1OCc1ccc(Cl)cc1Cl. The smallest absolute Gasteiger partial charge is 0.249 e. The van der Waals surface area contributed by atoms with Gasteiger partial charge in [0.2, 0.25) is 11.8 Å². The number of nitrogens with one attached hydrogen (secondary N) is 2. The van der Waals surface area contributed by atoms with Crippen LogP contribution in [0.5, 0.6) is 11.5 Å². The van der Waals surface area contributed by atoms with E-state index >= 15 is 0 Å². The molecule has 3 rings (SSSR count). The molecule has 188 valence electrons. The molecule has 0 aliphatic rings. The highest BCUT2D eigenvalue weighted by atomic mass is 79.9. The summed E-state index contributed by atoms with van der Waals surface area (Å²) in [6.07, 6.45) is 1.01. The van der Waals surface area contributed by atoms with Crippen LogP contribution in [0.2, 0.25) is 15.1 Å². The zero-order valence-electron chi connectivity index (χ0n) is 19.0. The van der Waals surface area contributed by atoms with Gasteiger partial charge in [-0.2, -0.15) is 5.10 Å². The first kappa shape index (κ1) is 27.8. The van der Waals surface area contributed by atoms with Gasteiger partial charge in [-0.1, -0.05) is 53.0 Å². The van der Waals surface area contributed by atoms with Crippen LogP contribution in [0.25, 0.3) is 0 Å². The molecule has 0 aliphatic carbocycles. The van der Waals surface area contributed by atoms with Crippen LogP contribution in [-0.4, -0.2) is 24.6 Å². The van der Waals surface area contributed by atoms with Crippen molar-refractivity contribution in [3.05, 3.63) is 85.3 Å². The molecule has 0 radical (unpaired) electrons. The van der Waals surface area contributed by atoms with Gasteiger partial charge in [0.25, 0.3) is 0 Å². The van der Waals surface area contributed by atoms with Crippen molar-refractivity contribution in [2.24, 2.45) is 5.10 Å². The molecule has 3 aromatic carbocycles. The summed E-state index contributed by atoms with van der Waals surface area (Å²) >= 11 is 21.7. The average molecular weight is 614 g/mol. The van der Waals surface area contributed by atoms with Crippen molar-refractivity contribution >= 4 is 74.4 Å². The van der Waals surface area contributed by atoms with E-state index in [1.807, 2.05) is 6.92 Å². The van der Waals surface area contributed by atoms with Crippen molar-refractivity contribution in [3.8, 4) is 11.5 Å². The highest BCUT2D eigenvalue weighted by Gasteiger charge is 2.14. The van der Waals surface area contributed by atoms with E-state index in [0.717, 1.165) is 5.56 Å². The van der Waals surface area contributed by atoms with Crippen LogP contribution in [-0.2, 0) is 16.2 Å². The molecule has 3 aromatic rings. The molecule has 0 unspecified atom stereocenters. The van der Waals surface area contributed by atoms with Crippen molar-refractivity contribution in [2.45, 2.75) is 20.0 Å². The van der Waals surface area contributed by atoms with Crippen LogP contribution in [0.4, 0.5) is 5.69 Å². The van der Waals surface area contributed by atoms with E-state index in [9.17, 15) is 9.59 Å². The van der Waals surface area contributed by atoms with E-state index in [1.54, 1.807) is 54.6 Å². The fourth-order valence-corrected chi connectivity index (χ4v) is 4.20. The summed E-state index contributed by atoms with van der Waals surface area (Å²) in [6.45, 7) is 2.46. The number of hydrogen-bond acceptors (Lipinski definition) is 5. The number of carbonyl (C=O) groups excluding carboxylic acids is 2. The summed E-state index contributed by atoms with van der Waals surface area (Å²) in [4.78, 5) is 24.2. The predicted molar refractivity (Wildman–Crippen MR) is 147 cm³/mol. The van der Waals surface area contributed by atoms with Crippen molar-refractivity contribution in [1.29, 1.82) is 0 Å². The fourth-order valence-electron chi connectivity index (χ4n) is 2.98. The van der Waals surface area contributed by atoms with Gasteiger partial charge in [-0.3, -0.25) is 9.59 Å². The Bertz CT molecular complexity index is 1290. The lowest BCUT2D eigenvalue weighted by molar-refractivity contribution is -0.126. The maximum Gasteiger partial charge on any atom is 0.249 e. The van der Waals surface area contributed by atoms with E-state index in [-0.39, 0.29) is 6.61 Å². The lowest BCUT2D eigenvalue weighted by Crippen LogP contribution is -2.24. The van der Waals surface area contributed by atoms with E-state index in [0.29, 0.717) is 48.9 Å². The van der Waals surface area contributed by atoms with Gasteiger partial charge in [-0.25, -0.2) is 5.43 Å². The van der Waals surface area contributed by atoms with E-state index in [4.69, 9.17) is 44.3 Å². The number of hydrazone groups is 1. The summed E-state index contributed by atoms with van der Waals surface area (Å²) in [6, 6.07) is 15.4. The van der Waals surface area contributed by atoms with Crippen molar-refractivity contribution in [2.75, 3.05) is 11.9 Å². The molecule has 11 heteroatoms. The van der Waals surface area contributed by atoms with Crippen molar-refractivity contribution in [3.63, 3.8) is 0 Å². The topological polar surface area (TPSA) is 89.0 Å². The zero-order chi connectivity index (χ0) is 26.1. The van der Waals surface area contributed by atoms with Gasteiger partial charge >= 0.3 is 0 Å². The van der Waals surface area contributed by atoms with Gasteiger partial charge in [0, 0.05) is 15.6 Å². The predicted octanol–water partition coefficient (Wildman–Crippen LogP) is 6.87. The Balaban J connectivity index is 1.62. The van der Waals surface area contributed by atoms with E-state index < -0.39 is 18.2 Å². The summed E-state index contributed by atoms with van der Waals surface area (Å²) in [7, 11) is 0. The molecule has 0 spiro atoms. The highest BCUT2D eigenvalue weighted by molar-refractivity contribution is 9.10. The second kappa shape index (κ2) is 13.5. The molecule has 0 fully saturated rings. The van der Waals surface area contributed by atoms with Crippen LogP contribution < -0.4 is 20.2 Å². The third kappa shape index (κ3) is 8.13. The number of anilines is 1. The number of halogens is 4. The van der Waals surface area contributed by atoms with E-state index in [1.165, 1.54) is 6.21 Å². The third-order valence-electron chi connectivity index (χ3n) is 4.59. The second-order valence-corrected chi connectivity index (χ2v) is 9.39. The van der Waals surface area contributed by atoms with Gasteiger partial charge in [0.15, 0.2) is 11.5 Å². The summed E-state index contributed by atoms with van der Waals surface area (Å²) in [5.74, 6) is -0.136. The Morgan fingerprint density at radius 1 is 1.00 bits per heavy atom. The number of amides is 2. The Labute approximate surface area is 231 Å². The van der Waals surface area contributed by atoms with Crippen LogP contribution in [0.3, 0.4) is 0 Å². The molecule has 7 nitrogen and oxygen atoms in total. The lowest BCUT2D eigenvalue weighted by Gasteiger charge is -2.15. The van der Waals surface area contributed by atoms with Crippen LogP contribution >= 0.6 is 50.7 Å². The number of ether oxygens (including phenoxy) is 2. The Morgan fingerprint density at radius 3 is 2.50 bits per heavy atom. The minimum atomic E-state index is -0.584. The normalized spacial score (nSPS) is 10.8. The molecular weight excluding hydrogens is 593 g/mol. The fraction of sp³-hybridized carbons (Fsp3) is 0.160. The summed E-state index contributed by atoms with van der Waals surface area (Å²) in [5, 5.41) is 7.92. The Morgan fingerprint density at radius 2 is 1.78 bits per heavy atom. The van der Waals surface area contributed by atoms with E-state index in [2.05, 4.69) is 31.8 Å². The molecule has 0 aliphatic heterocycles. The summed E-state index contributed by atoms with van der Waals surface area (Å²) < 4.78 is 12.3. The number of para-hydroxylation sites is 1. The minimum Gasteiger partial charge on any atom is -0.490 e. The molecular formula is C25H21BrCl3N3O4. The second-order valence-electron chi connectivity index (χ2n) is 7.29. The maximum absolute atomic E-state index is 12.1. The Kier molecular flexibility index (Phi) is 10.4. The molecule has 36 heavy (non-hydrogen) atoms. The molecule has 2 N–H and O–H groups in total. The number of carbonyl (C=O) groups is 2. The quantitative estimate of drug-likeness (QED) is 0.149. The van der Waals surface area contributed by atoms with Crippen LogP contribution in [0.15, 0.2) is 64.2 Å². The maximum atomic E-state index is 12.1. The molecule has 0 bridgehead atoms. The first-order chi connectivity index (χ1) is 17.3. The molecule has 0 saturated carbocycles. The van der Waals surface area contributed by atoms with Crippen molar-refractivity contribution < 1.29 is 19.1 Å². The number of hydrogen-bond donors (Lipinski definition) is 2. The van der Waals surface area contributed by atoms with Gasteiger partial charge in [-0.15, -0.1) is 0 Å². The molecule has 0 heterocycles. The van der Waals surface area contributed by atoms with Gasteiger partial charge < -0.3 is 14.8 Å². The number of rotatable bonds is 10. The number of benzene rings is 3. The molecule has 0 atom stereocenters. The average Bonchev–Trinajstić information content (AvgIpc) is 2.81.